The smallest absolute Gasteiger partial charge is 0.459 e. The summed E-state index contributed by atoms with van der Waals surface area (Å²) >= 11 is 0. The van der Waals surface area contributed by atoms with Crippen LogP contribution in [0.5, 0.6) is 11.5 Å². The molecule has 0 aromatic heterocycles. The van der Waals surface area contributed by atoms with E-state index in [1.807, 2.05) is 0 Å². The minimum absolute atomic E-state index is 0.0513. The van der Waals surface area contributed by atoms with Crippen LogP contribution in [0.1, 0.15) is 52.4 Å². The number of rotatable bonds is 11. The maximum absolute atomic E-state index is 13.3. The van der Waals surface area contributed by atoms with Gasteiger partial charge in [-0.05, 0) is 44.4 Å². The molecule has 1 aromatic rings. The second-order valence-electron chi connectivity index (χ2n) is 10.4. The molecule has 1 aliphatic heterocycles. The SMILES string of the molecule is CC(C)(O)CN/C=C\C(=N)NC(=O)[C@H](CC1CCCCC1)N1CC(Oc2cccc(OC(F)(F)F)c2)=CC1=O. The molecule has 0 spiro atoms. The molecule has 0 bridgehead atoms. The first-order valence-corrected chi connectivity index (χ1v) is 12.9. The second kappa shape index (κ2) is 13.0. The van der Waals surface area contributed by atoms with Gasteiger partial charge in [0.1, 0.15) is 29.1 Å². The van der Waals surface area contributed by atoms with Gasteiger partial charge in [0.25, 0.3) is 5.91 Å². The van der Waals surface area contributed by atoms with Gasteiger partial charge >= 0.3 is 6.36 Å². The first kappa shape index (κ1) is 30.0. The zero-order chi connectivity index (χ0) is 28.6. The number of halogens is 3. The van der Waals surface area contributed by atoms with Gasteiger partial charge in [-0.2, -0.15) is 0 Å². The zero-order valence-electron chi connectivity index (χ0n) is 22.0. The van der Waals surface area contributed by atoms with Crippen molar-refractivity contribution in [2.24, 2.45) is 5.92 Å². The molecule has 214 valence electrons. The van der Waals surface area contributed by atoms with Crippen molar-refractivity contribution in [2.75, 3.05) is 13.1 Å². The Bertz CT molecular complexity index is 1090. The van der Waals surface area contributed by atoms with Gasteiger partial charge < -0.3 is 30.1 Å². The Balaban J connectivity index is 1.67. The fraction of sp³-hybridized carbons (Fsp3) is 0.519. The van der Waals surface area contributed by atoms with Crippen LogP contribution in [-0.2, 0) is 9.59 Å². The lowest BCUT2D eigenvalue weighted by molar-refractivity contribution is -0.274. The molecular weight excluding hydrogens is 517 g/mol. The Morgan fingerprint density at radius 3 is 2.59 bits per heavy atom. The number of amidine groups is 1. The molecule has 9 nitrogen and oxygen atoms in total. The summed E-state index contributed by atoms with van der Waals surface area (Å²) in [6, 6.07) is 4.10. The van der Waals surface area contributed by atoms with Crippen molar-refractivity contribution in [3.63, 3.8) is 0 Å². The van der Waals surface area contributed by atoms with Crippen LogP contribution in [0.15, 0.2) is 48.4 Å². The van der Waals surface area contributed by atoms with E-state index < -0.39 is 35.6 Å². The van der Waals surface area contributed by atoms with Crippen molar-refractivity contribution in [1.29, 1.82) is 5.41 Å². The van der Waals surface area contributed by atoms with E-state index in [1.165, 1.54) is 35.4 Å². The molecule has 1 atom stereocenters. The van der Waals surface area contributed by atoms with Crippen LogP contribution in [0, 0.1) is 11.3 Å². The van der Waals surface area contributed by atoms with Gasteiger partial charge in [-0.15, -0.1) is 13.2 Å². The van der Waals surface area contributed by atoms with Crippen LogP contribution in [0.4, 0.5) is 13.2 Å². The number of nitrogens with one attached hydrogen (secondary N) is 3. The molecule has 2 aliphatic rings. The molecule has 4 N–H and O–H groups in total. The van der Waals surface area contributed by atoms with Gasteiger partial charge in [-0.1, -0.05) is 38.2 Å². The Labute approximate surface area is 225 Å². The monoisotopic (exact) mass is 552 g/mol. The molecule has 39 heavy (non-hydrogen) atoms. The van der Waals surface area contributed by atoms with Crippen LogP contribution in [0.25, 0.3) is 0 Å². The molecule has 0 radical (unpaired) electrons. The number of nitrogens with zero attached hydrogens (tertiary/aromatic N) is 1. The summed E-state index contributed by atoms with van der Waals surface area (Å²) in [4.78, 5) is 27.5. The number of hydrogen-bond donors (Lipinski definition) is 4. The summed E-state index contributed by atoms with van der Waals surface area (Å²) in [6.07, 6.45) is 4.65. The molecule has 1 heterocycles. The van der Waals surface area contributed by atoms with Crippen molar-refractivity contribution < 1.29 is 37.3 Å². The average molecular weight is 553 g/mol. The lowest BCUT2D eigenvalue weighted by atomic mass is 9.84. The molecule has 0 unspecified atom stereocenters. The lowest BCUT2D eigenvalue weighted by Gasteiger charge is -2.31. The third kappa shape index (κ3) is 10.3. The summed E-state index contributed by atoms with van der Waals surface area (Å²) in [5.74, 6) is -1.15. The first-order valence-electron chi connectivity index (χ1n) is 12.9. The van der Waals surface area contributed by atoms with E-state index in [0.717, 1.165) is 44.2 Å². The summed E-state index contributed by atoms with van der Waals surface area (Å²) in [5.41, 5.74) is -0.948. The predicted octanol–water partition coefficient (Wildman–Crippen LogP) is 4.00. The molecule has 2 amide bonds. The van der Waals surface area contributed by atoms with Gasteiger partial charge in [0.2, 0.25) is 5.91 Å². The van der Waals surface area contributed by atoms with Gasteiger partial charge in [0.05, 0.1) is 12.1 Å². The lowest BCUT2D eigenvalue weighted by Crippen LogP contribution is -2.50. The topological polar surface area (TPSA) is 124 Å². The molecule has 1 saturated carbocycles. The molecule has 1 aliphatic carbocycles. The van der Waals surface area contributed by atoms with E-state index in [4.69, 9.17) is 10.1 Å². The summed E-state index contributed by atoms with van der Waals surface area (Å²) in [7, 11) is 0. The van der Waals surface area contributed by atoms with Gasteiger partial charge in [0.15, 0.2) is 0 Å². The third-order valence-corrected chi connectivity index (χ3v) is 6.30. The largest absolute Gasteiger partial charge is 0.573 e. The highest BCUT2D eigenvalue weighted by atomic mass is 19.4. The van der Waals surface area contributed by atoms with Crippen molar-refractivity contribution in [1.82, 2.24) is 15.5 Å². The molecule has 3 rings (SSSR count). The molecule has 1 aromatic carbocycles. The van der Waals surface area contributed by atoms with Crippen LogP contribution >= 0.6 is 0 Å². The Morgan fingerprint density at radius 2 is 1.92 bits per heavy atom. The number of hydrogen-bond acceptors (Lipinski definition) is 7. The molecule has 12 heteroatoms. The van der Waals surface area contributed by atoms with Crippen LogP contribution in [0.2, 0.25) is 0 Å². The normalized spacial score (nSPS) is 17.6. The number of carbonyl (C=O) groups excluding carboxylic acids is 2. The standard InChI is InChI=1S/C27H35F3N4O5/c1-26(2,37)17-32-12-11-23(31)33-25(36)22(13-18-7-4-3-5-8-18)34-16-21(15-24(34)35)38-19-9-6-10-20(14-19)39-27(28,29)30/h6,9-12,14-15,18,22,32,37H,3-5,7-8,13,16-17H2,1-2H3,(H2,31,33,36)/b12-11-/t22-/m0/s1. The summed E-state index contributed by atoms with van der Waals surface area (Å²) in [5, 5.41) is 23.2. The average Bonchev–Trinajstić information content (AvgIpc) is 3.18. The Morgan fingerprint density at radius 1 is 1.23 bits per heavy atom. The zero-order valence-corrected chi connectivity index (χ0v) is 22.0. The van der Waals surface area contributed by atoms with E-state index in [2.05, 4.69) is 15.4 Å². The van der Waals surface area contributed by atoms with Crippen molar-refractivity contribution in [2.45, 2.75) is 70.4 Å². The highest BCUT2D eigenvalue weighted by molar-refractivity contribution is 6.05. The fourth-order valence-corrected chi connectivity index (χ4v) is 4.55. The number of ether oxygens (including phenoxy) is 2. The first-order chi connectivity index (χ1) is 18.3. The van der Waals surface area contributed by atoms with E-state index >= 15 is 0 Å². The molecule has 1 fully saturated rings. The summed E-state index contributed by atoms with van der Waals surface area (Å²) < 4.78 is 47.3. The number of benzene rings is 1. The second-order valence-corrected chi connectivity index (χ2v) is 10.4. The molecular formula is C27H35F3N4O5. The Hall–Kier alpha value is -3.54. The van der Waals surface area contributed by atoms with Crippen LogP contribution < -0.4 is 20.1 Å². The minimum atomic E-state index is -4.86. The Kier molecular flexibility index (Phi) is 10.0. The maximum Gasteiger partial charge on any atom is 0.573 e. The van der Waals surface area contributed by atoms with Crippen molar-refractivity contribution >= 4 is 17.6 Å². The van der Waals surface area contributed by atoms with E-state index in [0.29, 0.717) is 6.42 Å². The molecule has 0 saturated heterocycles. The number of aliphatic hydroxyl groups is 1. The van der Waals surface area contributed by atoms with Gasteiger partial charge in [-0.25, -0.2) is 0 Å². The highest BCUT2D eigenvalue weighted by Gasteiger charge is 2.36. The quantitative estimate of drug-likeness (QED) is 0.243. The van der Waals surface area contributed by atoms with Crippen molar-refractivity contribution in [3.8, 4) is 11.5 Å². The highest BCUT2D eigenvalue weighted by Crippen LogP contribution is 2.31. The fourth-order valence-electron chi connectivity index (χ4n) is 4.55. The van der Waals surface area contributed by atoms with E-state index in [1.54, 1.807) is 13.8 Å². The maximum atomic E-state index is 13.3. The minimum Gasteiger partial charge on any atom is -0.459 e. The summed E-state index contributed by atoms with van der Waals surface area (Å²) in [6.45, 7) is 3.45. The van der Waals surface area contributed by atoms with Crippen molar-refractivity contribution in [3.05, 3.63) is 48.4 Å². The predicted molar refractivity (Wildman–Crippen MR) is 138 cm³/mol. The van der Waals surface area contributed by atoms with Gasteiger partial charge in [0, 0.05) is 24.9 Å². The third-order valence-electron chi connectivity index (χ3n) is 6.30. The number of alkyl halides is 3. The van der Waals surface area contributed by atoms with E-state index in [-0.39, 0.29) is 36.4 Å². The van der Waals surface area contributed by atoms with Crippen LogP contribution in [-0.4, -0.2) is 58.8 Å². The number of amides is 2. The number of carbonyl (C=O) groups is 2. The van der Waals surface area contributed by atoms with Crippen LogP contribution in [0.3, 0.4) is 0 Å². The van der Waals surface area contributed by atoms with E-state index in [9.17, 15) is 27.9 Å². The van der Waals surface area contributed by atoms with Gasteiger partial charge in [-0.3, -0.25) is 15.0 Å².